The molecule has 13 heteroatoms. The Bertz CT molecular complexity index is 1340. The summed E-state index contributed by atoms with van der Waals surface area (Å²) in [6.07, 6.45) is 2.44. The molecular weight excluding hydrogens is 642 g/mol. The summed E-state index contributed by atoms with van der Waals surface area (Å²) in [5.41, 5.74) is 0.0974. The van der Waals surface area contributed by atoms with E-state index in [0.717, 1.165) is 5.56 Å². The smallest absolute Gasteiger partial charge is 0.408 e. The third-order valence-electron chi connectivity index (χ3n) is 7.96. The van der Waals surface area contributed by atoms with Crippen LogP contribution < -0.4 is 26.6 Å². The number of carbonyl (C=O) groups excluding carboxylic acids is 6. The number of rotatable bonds is 18. The van der Waals surface area contributed by atoms with E-state index in [1.165, 1.54) is 13.0 Å². The molecular formula is C37H57N5O8. The van der Waals surface area contributed by atoms with Gasteiger partial charge in [-0.2, -0.15) is 0 Å². The molecule has 1 aromatic carbocycles. The van der Waals surface area contributed by atoms with Crippen LogP contribution in [-0.4, -0.2) is 77.9 Å². The highest BCUT2D eigenvalue weighted by atomic mass is 16.5. The number of nitrogens with one attached hydrogen (secondary N) is 5. The van der Waals surface area contributed by atoms with E-state index in [-0.39, 0.29) is 48.9 Å². The third kappa shape index (κ3) is 15.1. The van der Waals surface area contributed by atoms with Crippen LogP contribution in [0.25, 0.3) is 0 Å². The van der Waals surface area contributed by atoms with Crippen LogP contribution in [0.2, 0.25) is 0 Å². The van der Waals surface area contributed by atoms with Crippen molar-refractivity contribution in [3.05, 3.63) is 48.0 Å². The van der Waals surface area contributed by atoms with Gasteiger partial charge in [0.05, 0.1) is 11.7 Å². The summed E-state index contributed by atoms with van der Waals surface area (Å²) in [5.74, 6) is -2.82. The Morgan fingerprint density at radius 3 is 2.08 bits per heavy atom. The van der Waals surface area contributed by atoms with Gasteiger partial charge in [-0.3, -0.25) is 24.0 Å². The van der Waals surface area contributed by atoms with E-state index in [0.29, 0.717) is 13.0 Å². The zero-order chi connectivity index (χ0) is 37.6. The number of carbonyl (C=O) groups is 6. The maximum Gasteiger partial charge on any atom is 0.408 e. The first-order valence-corrected chi connectivity index (χ1v) is 17.4. The Morgan fingerprint density at radius 2 is 1.54 bits per heavy atom. The van der Waals surface area contributed by atoms with Gasteiger partial charge in [0, 0.05) is 18.5 Å². The first kappa shape index (κ1) is 41.9. The minimum atomic E-state index is -1.25. The van der Waals surface area contributed by atoms with Gasteiger partial charge in [-0.05, 0) is 77.4 Å². The minimum absolute atomic E-state index is 0.00872. The molecule has 0 saturated carbocycles. The highest BCUT2D eigenvalue weighted by Gasteiger charge is 2.36. The number of ether oxygens (including phenoxy) is 2. The monoisotopic (exact) mass is 699 g/mol. The number of hydrogen-bond acceptors (Lipinski definition) is 8. The molecule has 0 aliphatic carbocycles. The SMILES string of the molecule is CC(=O)/C=C/[C@H](CC1CCNC1=O)NC(=O)[C@H](CC(C)C)NC(=O)[C@@H](NC(=O)[C@@H](NC(=O)OCc1ccccc1)C(C)C)C(C)OC(C)(C)C. The molecule has 1 aliphatic heterocycles. The lowest BCUT2D eigenvalue weighted by Gasteiger charge is -2.33. The molecule has 0 spiro atoms. The van der Waals surface area contributed by atoms with Gasteiger partial charge in [0.2, 0.25) is 23.6 Å². The summed E-state index contributed by atoms with van der Waals surface area (Å²) in [4.78, 5) is 78.1. The van der Waals surface area contributed by atoms with Crippen LogP contribution >= 0.6 is 0 Å². The standard InChI is InChI=1S/C37H57N5O8/c1-22(2)19-29(33(45)39-28(16-15-24(5)43)20-27-17-18-38-32(27)44)40-35(47)31(25(6)50-37(7,8)9)41-34(46)30(23(3)4)42-36(48)49-21-26-13-11-10-12-14-26/h10-16,22-23,25,27-31H,17-21H2,1-9H3,(H,38,44)(H,39,45)(H,40,47)(H,41,46)(H,42,48)/b16-15+/t25?,27?,28-,29+,30+,31+/m1/s1. The normalized spacial score (nSPS) is 17.7. The molecule has 1 fully saturated rings. The fourth-order valence-electron chi connectivity index (χ4n) is 5.55. The molecule has 0 radical (unpaired) electrons. The summed E-state index contributed by atoms with van der Waals surface area (Å²) in [6.45, 7) is 16.3. The fraction of sp³-hybridized carbons (Fsp3) is 0.622. The molecule has 5 N–H and O–H groups in total. The van der Waals surface area contributed by atoms with Crippen molar-refractivity contribution < 1.29 is 38.2 Å². The van der Waals surface area contributed by atoms with E-state index in [1.807, 2.05) is 65.0 Å². The first-order chi connectivity index (χ1) is 23.4. The maximum absolute atomic E-state index is 14.0. The molecule has 0 bridgehead atoms. The molecule has 2 unspecified atom stereocenters. The van der Waals surface area contributed by atoms with Gasteiger partial charge in [-0.1, -0.05) is 64.1 Å². The molecule has 278 valence electrons. The third-order valence-corrected chi connectivity index (χ3v) is 7.96. The largest absolute Gasteiger partial charge is 0.445 e. The number of hydrogen-bond donors (Lipinski definition) is 5. The predicted octanol–water partition coefficient (Wildman–Crippen LogP) is 3.31. The Balaban J connectivity index is 2.27. The number of benzene rings is 1. The number of ketones is 1. The summed E-state index contributed by atoms with van der Waals surface area (Å²) in [7, 11) is 0. The zero-order valence-electron chi connectivity index (χ0n) is 31.0. The van der Waals surface area contributed by atoms with Crippen LogP contribution in [0.4, 0.5) is 4.79 Å². The molecule has 13 nitrogen and oxygen atoms in total. The Labute approximate surface area is 296 Å². The van der Waals surface area contributed by atoms with Gasteiger partial charge >= 0.3 is 6.09 Å². The average molecular weight is 700 g/mol. The van der Waals surface area contributed by atoms with Crippen LogP contribution in [0.3, 0.4) is 0 Å². The number of alkyl carbamates (subject to hydrolysis) is 1. The Hall–Kier alpha value is -4.26. The van der Waals surface area contributed by atoms with Crippen LogP contribution in [0.15, 0.2) is 42.5 Å². The highest BCUT2D eigenvalue weighted by Crippen LogP contribution is 2.18. The second-order valence-electron chi connectivity index (χ2n) is 14.6. The van der Waals surface area contributed by atoms with E-state index < -0.39 is 59.7 Å². The van der Waals surface area contributed by atoms with Crippen molar-refractivity contribution in [3.63, 3.8) is 0 Å². The fourth-order valence-corrected chi connectivity index (χ4v) is 5.55. The lowest BCUT2D eigenvalue weighted by molar-refractivity contribution is -0.140. The second kappa shape index (κ2) is 19.8. The second-order valence-corrected chi connectivity index (χ2v) is 14.6. The molecule has 1 aromatic rings. The van der Waals surface area contributed by atoms with Crippen molar-refractivity contribution in [2.24, 2.45) is 17.8 Å². The van der Waals surface area contributed by atoms with Crippen molar-refractivity contribution in [2.45, 2.75) is 124 Å². The van der Waals surface area contributed by atoms with E-state index in [2.05, 4.69) is 26.6 Å². The van der Waals surface area contributed by atoms with Crippen molar-refractivity contribution in [1.82, 2.24) is 26.6 Å². The number of allylic oxidation sites excluding steroid dienone is 1. The first-order valence-electron chi connectivity index (χ1n) is 17.4. The summed E-state index contributed by atoms with van der Waals surface area (Å²) in [5, 5.41) is 13.9. The Kier molecular flexibility index (Phi) is 16.6. The molecule has 1 heterocycles. The van der Waals surface area contributed by atoms with Crippen molar-refractivity contribution >= 4 is 35.5 Å². The van der Waals surface area contributed by atoms with Gasteiger partial charge in [-0.15, -0.1) is 0 Å². The quantitative estimate of drug-likeness (QED) is 0.145. The minimum Gasteiger partial charge on any atom is -0.445 e. The Morgan fingerprint density at radius 1 is 0.900 bits per heavy atom. The lowest BCUT2D eigenvalue weighted by atomic mass is 9.96. The van der Waals surface area contributed by atoms with E-state index in [1.54, 1.807) is 26.8 Å². The molecule has 6 atom stereocenters. The van der Waals surface area contributed by atoms with E-state index in [4.69, 9.17) is 9.47 Å². The van der Waals surface area contributed by atoms with Crippen LogP contribution in [0.1, 0.15) is 87.1 Å². The topological polar surface area (TPSA) is 181 Å². The number of amides is 5. The summed E-state index contributed by atoms with van der Waals surface area (Å²) < 4.78 is 11.4. The van der Waals surface area contributed by atoms with E-state index in [9.17, 15) is 28.8 Å². The van der Waals surface area contributed by atoms with Crippen molar-refractivity contribution in [2.75, 3.05) is 6.54 Å². The van der Waals surface area contributed by atoms with Gasteiger partial charge in [0.15, 0.2) is 5.78 Å². The highest BCUT2D eigenvalue weighted by molar-refractivity contribution is 5.94. The van der Waals surface area contributed by atoms with E-state index >= 15 is 0 Å². The molecule has 0 aromatic heterocycles. The van der Waals surface area contributed by atoms with Crippen molar-refractivity contribution in [3.8, 4) is 0 Å². The van der Waals surface area contributed by atoms with Gasteiger partial charge in [0.25, 0.3) is 0 Å². The molecule has 1 aliphatic rings. The average Bonchev–Trinajstić information content (AvgIpc) is 3.42. The van der Waals surface area contributed by atoms with Crippen molar-refractivity contribution in [1.29, 1.82) is 0 Å². The van der Waals surface area contributed by atoms with Crippen LogP contribution in [0.5, 0.6) is 0 Å². The van der Waals surface area contributed by atoms with Crippen LogP contribution in [0, 0.1) is 17.8 Å². The molecule has 50 heavy (non-hydrogen) atoms. The van der Waals surface area contributed by atoms with Crippen LogP contribution in [-0.2, 0) is 40.1 Å². The molecule has 1 saturated heterocycles. The zero-order valence-corrected chi connectivity index (χ0v) is 31.0. The summed E-state index contributed by atoms with van der Waals surface area (Å²) >= 11 is 0. The predicted molar refractivity (Wildman–Crippen MR) is 189 cm³/mol. The lowest BCUT2D eigenvalue weighted by Crippen LogP contribution is -2.61. The molecule has 2 rings (SSSR count). The maximum atomic E-state index is 14.0. The summed E-state index contributed by atoms with van der Waals surface area (Å²) in [6, 6.07) is 5.17. The van der Waals surface area contributed by atoms with Gasteiger partial charge in [0.1, 0.15) is 24.7 Å². The van der Waals surface area contributed by atoms with Gasteiger partial charge in [-0.25, -0.2) is 4.79 Å². The van der Waals surface area contributed by atoms with Gasteiger partial charge < -0.3 is 36.1 Å². The molecule has 5 amide bonds.